The van der Waals surface area contributed by atoms with E-state index >= 15 is 0 Å². The summed E-state index contributed by atoms with van der Waals surface area (Å²) in [6.45, 7) is 4.34. The number of rotatable bonds is 2. The van der Waals surface area contributed by atoms with Crippen molar-refractivity contribution in [3.8, 4) is 0 Å². The minimum absolute atomic E-state index is 0.161. The Morgan fingerprint density at radius 3 is 2.76 bits per heavy atom. The van der Waals surface area contributed by atoms with Gasteiger partial charge in [-0.2, -0.15) is 0 Å². The Kier molecular flexibility index (Phi) is 2.91. The van der Waals surface area contributed by atoms with Gasteiger partial charge in [-0.15, -0.1) is 0 Å². The molecule has 3 nitrogen and oxygen atoms in total. The second kappa shape index (κ2) is 4.11. The van der Waals surface area contributed by atoms with E-state index in [0.29, 0.717) is 30.8 Å². The molecule has 0 radical (unpaired) electrons. The van der Waals surface area contributed by atoms with Crippen molar-refractivity contribution in [2.75, 3.05) is 18.0 Å². The Morgan fingerprint density at radius 2 is 2.24 bits per heavy atom. The zero-order valence-corrected chi connectivity index (χ0v) is 10.0. The molecule has 1 atom stereocenters. The molecule has 0 amide bonds. The highest BCUT2D eigenvalue weighted by Crippen LogP contribution is 2.29. The van der Waals surface area contributed by atoms with E-state index in [1.807, 2.05) is 4.90 Å². The molecule has 1 unspecified atom stereocenters. The van der Waals surface area contributed by atoms with Gasteiger partial charge < -0.3 is 10.0 Å². The number of carbonyl (C=O) groups is 1. The van der Waals surface area contributed by atoms with Crippen molar-refractivity contribution in [3.63, 3.8) is 0 Å². The molecule has 4 heteroatoms. The zero-order valence-electron chi connectivity index (χ0n) is 10.0. The summed E-state index contributed by atoms with van der Waals surface area (Å²) in [5, 5.41) is 9.91. The predicted octanol–water partition coefficient (Wildman–Crippen LogP) is 1.99. The van der Waals surface area contributed by atoms with Crippen molar-refractivity contribution in [3.05, 3.63) is 29.6 Å². The van der Waals surface area contributed by atoms with Gasteiger partial charge in [0.05, 0.1) is 5.60 Å². The SMILES string of the molecule is CC(=O)c1cc(F)ccc1N1CCC(C)(O)C1. The molecule has 0 spiro atoms. The largest absolute Gasteiger partial charge is 0.388 e. The van der Waals surface area contributed by atoms with Crippen LogP contribution in [0.15, 0.2) is 18.2 Å². The maximum absolute atomic E-state index is 13.1. The van der Waals surface area contributed by atoms with E-state index < -0.39 is 11.4 Å². The third-order valence-corrected chi connectivity index (χ3v) is 3.13. The fraction of sp³-hybridized carbons (Fsp3) is 0.462. The lowest BCUT2D eigenvalue weighted by atomic mass is 10.1. The van der Waals surface area contributed by atoms with Crippen LogP contribution in [0.25, 0.3) is 0 Å². The summed E-state index contributed by atoms with van der Waals surface area (Å²) in [5.74, 6) is -0.573. The van der Waals surface area contributed by atoms with Gasteiger partial charge in [-0.1, -0.05) is 0 Å². The first-order chi connectivity index (χ1) is 7.89. The molecule has 1 aromatic rings. The monoisotopic (exact) mass is 237 g/mol. The minimum atomic E-state index is -0.734. The molecule has 2 rings (SSSR count). The molecule has 17 heavy (non-hydrogen) atoms. The van der Waals surface area contributed by atoms with Crippen LogP contribution in [-0.2, 0) is 0 Å². The Balaban J connectivity index is 2.36. The highest BCUT2D eigenvalue weighted by Gasteiger charge is 2.32. The molecule has 1 aromatic carbocycles. The molecular formula is C13H16FNO2. The van der Waals surface area contributed by atoms with Crippen LogP contribution in [0.2, 0.25) is 0 Å². The van der Waals surface area contributed by atoms with Crippen molar-refractivity contribution in [2.24, 2.45) is 0 Å². The lowest BCUT2D eigenvalue weighted by molar-refractivity contribution is 0.0838. The maximum atomic E-state index is 13.1. The predicted molar refractivity (Wildman–Crippen MR) is 63.9 cm³/mol. The third-order valence-electron chi connectivity index (χ3n) is 3.13. The lowest BCUT2D eigenvalue weighted by Gasteiger charge is -2.22. The van der Waals surface area contributed by atoms with E-state index in [-0.39, 0.29) is 5.78 Å². The van der Waals surface area contributed by atoms with Gasteiger partial charge >= 0.3 is 0 Å². The van der Waals surface area contributed by atoms with E-state index in [1.54, 1.807) is 13.0 Å². The third kappa shape index (κ3) is 2.47. The van der Waals surface area contributed by atoms with Crippen molar-refractivity contribution in [2.45, 2.75) is 25.9 Å². The van der Waals surface area contributed by atoms with E-state index in [9.17, 15) is 14.3 Å². The number of nitrogens with zero attached hydrogens (tertiary/aromatic N) is 1. The molecular weight excluding hydrogens is 221 g/mol. The molecule has 1 fully saturated rings. The van der Waals surface area contributed by atoms with Crippen LogP contribution in [0.5, 0.6) is 0 Å². The van der Waals surface area contributed by atoms with Gasteiger partial charge in [0.2, 0.25) is 0 Å². The van der Waals surface area contributed by atoms with Gasteiger partial charge in [-0.05, 0) is 38.5 Å². The maximum Gasteiger partial charge on any atom is 0.161 e. The first-order valence-electron chi connectivity index (χ1n) is 5.67. The summed E-state index contributed by atoms with van der Waals surface area (Å²) >= 11 is 0. The Bertz CT molecular complexity index is 457. The molecule has 1 saturated heterocycles. The van der Waals surface area contributed by atoms with Gasteiger partial charge in [-0.3, -0.25) is 4.79 Å². The van der Waals surface area contributed by atoms with Crippen LogP contribution in [0.4, 0.5) is 10.1 Å². The lowest BCUT2D eigenvalue weighted by Crippen LogP contribution is -2.30. The quantitative estimate of drug-likeness (QED) is 0.800. The zero-order chi connectivity index (χ0) is 12.6. The Hall–Kier alpha value is -1.42. The molecule has 1 aliphatic rings. The van der Waals surface area contributed by atoms with Crippen molar-refractivity contribution in [1.82, 2.24) is 0 Å². The van der Waals surface area contributed by atoms with Gasteiger partial charge in [0.1, 0.15) is 5.82 Å². The van der Waals surface area contributed by atoms with Crippen LogP contribution in [-0.4, -0.2) is 29.6 Å². The fourth-order valence-corrected chi connectivity index (χ4v) is 2.22. The summed E-state index contributed by atoms with van der Waals surface area (Å²) in [6, 6.07) is 4.20. The highest BCUT2D eigenvalue weighted by atomic mass is 19.1. The van der Waals surface area contributed by atoms with Crippen LogP contribution in [0.3, 0.4) is 0 Å². The van der Waals surface area contributed by atoms with Crippen LogP contribution >= 0.6 is 0 Å². The number of anilines is 1. The molecule has 1 heterocycles. The highest BCUT2D eigenvalue weighted by molar-refractivity contribution is 5.99. The standard InChI is InChI=1S/C13H16FNO2/c1-9(16)11-7-10(14)3-4-12(11)15-6-5-13(2,17)8-15/h3-4,7,17H,5-6,8H2,1-2H3. The van der Waals surface area contributed by atoms with E-state index in [2.05, 4.69) is 0 Å². The minimum Gasteiger partial charge on any atom is -0.388 e. The first-order valence-corrected chi connectivity index (χ1v) is 5.67. The first kappa shape index (κ1) is 12.0. The van der Waals surface area contributed by atoms with Gasteiger partial charge in [0, 0.05) is 24.3 Å². The summed E-state index contributed by atoms with van der Waals surface area (Å²) in [6.07, 6.45) is 0.654. The normalized spacial score (nSPS) is 24.1. The van der Waals surface area contributed by atoms with E-state index in [0.717, 1.165) is 0 Å². The van der Waals surface area contributed by atoms with Crippen LogP contribution in [0.1, 0.15) is 30.6 Å². The number of carbonyl (C=O) groups excluding carboxylic acids is 1. The van der Waals surface area contributed by atoms with E-state index in [1.165, 1.54) is 19.1 Å². The second-order valence-corrected chi connectivity index (χ2v) is 4.89. The topological polar surface area (TPSA) is 40.5 Å². The molecule has 0 aliphatic carbocycles. The van der Waals surface area contributed by atoms with Crippen molar-refractivity contribution in [1.29, 1.82) is 0 Å². The smallest absolute Gasteiger partial charge is 0.161 e. The summed E-state index contributed by atoms with van der Waals surface area (Å²) in [5.41, 5.74) is 0.349. The Labute approximate surface area is 99.9 Å². The van der Waals surface area contributed by atoms with Gasteiger partial charge in [-0.25, -0.2) is 4.39 Å². The number of β-amino-alcohol motifs (C(OH)–C–C–N with tert-alkyl or cyclic N) is 1. The fourth-order valence-electron chi connectivity index (χ4n) is 2.22. The van der Waals surface area contributed by atoms with E-state index in [4.69, 9.17) is 0 Å². The number of ketones is 1. The molecule has 0 bridgehead atoms. The number of Topliss-reactive ketones (excluding diaryl/α,β-unsaturated/α-hetero) is 1. The van der Waals surface area contributed by atoms with Gasteiger partial charge in [0.25, 0.3) is 0 Å². The number of halogens is 1. The number of hydrogen-bond acceptors (Lipinski definition) is 3. The van der Waals surface area contributed by atoms with Crippen molar-refractivity contribution < 1.29 is 14.3 Å². The molecule has 0 saturated carbocycles. The summed E-state index contributed by atoms with van der Waals surface area (Å²) < 4.78 is 13.1. The second-order valence-electron chi connectivity index (χ2n) is 4.89. The number of hydrogen-bond donors (Lipinski definition) is 1. The summed E-state index contributed by atoms with van der Waals surface area (Å²) in [7, 11) is 0. The van der Waals surface area contributed by atoms with Crippen LogP contribution < -0.4 is 4.90 Å². The molecule has 1 N–H and O–H groups in total. The van der Waals surface area contributed by atoms with Gasteiger partial charge in [0.15, 0.2) is 5.78 Å². The molecule has 0 aromatic heterocycles. The Morgan fingerprint density at radius 1 is 1.53 bits per heavy atom. The van der Waals surface area contributed by atoms with Crippen LogP contribution in [0, 0.1) is 5.82 Å². The molecule has 1 aliphatic heterocycles. The average molecular weight is 237 g/mol. The number of aliphatic hydroxyl groups is 1. The number of benzene rings is 1. The van der Waals surface area contributed by atoms with Crippen molar-refractivity contribution >= 4 is 11.5 Å². The average Bonchev–Trinajstić information content (AvgIpc) is 2.58. The summed E-state index contributed by atoms with van der Waals surface area (Å²) in [4.78, 5) is 13.4. The molecule has 92 valence electrons.